The van der Waals surface area contributed by atoms with Crippen LogP contribution in [0.2, 0.25) is 0 Å². The Morgan fingerprint density at radius 1 is 1.31 bits per heavy atom. The molecule has 2 amide bonds. The maximum atomic E-state index is 12.9. The van der Waals surface area contributed by atoms with E-state index in [1.807, 2.05) is 13.8 Å². The Morgan fingerprint density at radius 2 is 2.03 bits per heavy atom. The molecule has 0 saturated carbocycles. The summed E-state index contributed by atoms with van der Waals surface area (Å²) < 4.78 is 18.5. The number of amides is 2. The van der Waals surface area contributed by atoms with Crippen molar-refractivity contribution in [3.63, 3.8) is 0 Å². The lowest BCUT2D eigenvalue weighted by Gasteiger charge is -2.35. The molecule has 0 fully saturated rings. The summed E-state index contributed by atoms with van der Waals surface area (Å²) in [6.45, 7) is 5.06. The van der Waals surface area contributed by atoms with E-state index in [4.69, 9.17) is 14.2 Å². The average Bonchev–Trinajstić information content (AvgIpc) is 3.31. The number of carbonyl (C=O) groups excluding carboxylic acids is 2. The Hall–Kier alpha value is -3.18. The van der Waals surface area contributed by atoms with Crippen LogP contribution in [-0.4, -0.2) is 87.9 Å². The summed E-state index contributed by atoms with van der Waals surface area (Å²) in [6.07, 6.45) is 1.81. The fourth-order valence-electron chi connectivity index (χ4n) is 3.86. The second-order valence-corrected chi connectivity index (χ2v) is 8.90. The molecule has 2 aromatic rings. The minimum atomic E-state index is -0.531. The SMILES string of the molecule is COc1ccc(OC(=O)N(C)C[C@H]2OCc3cn(nn3)CCCC(=O)N([C@H](C)CO)C[C@H]2C)cc1. The van der Waals surface area contributed by atoms with Crippen LogP contribution in [0.4, 0.5) is 4.79 Å². The van der Waals surface area contributed by atoms with Crippen molar-refractivity contribution in [1.82, 2.24) is 24.8 Å². The van der Waals surface area contributed by atoms with E-state index in [1.165, 1.54) is 4.90 Å². The van der Waals surface area contributed by atoms with Gasteiger partial charge in [0, 0.05) is 32.5 Å². The zero-order valence-corrected chi connectivity index (χ0v) is 20.8. The highest BCUT2D eigenvalue weighted by molar-refractivity contribution is 5.76. The fraction of sp³-hybridized carbons (Fsp3) is 0.583. The van der Waals surface area contributed by atoms with Gasteiger partial charge in [0.15, 0.2) is 0 Å². The first-order valence-electron chi connectivity index (χ1n) is 11.8. The predicted molar refractivity (Wildman–Crippen MR) is 127 cm³/mol. The predicted octanol–water partition coefficient (Wildman–Crippen LogP) is 1.94. The Balaban J connectivity index is 1.73. The third-order valence-corrected chi connectivity index (χ3v) is 6.08. The van der Waals surface area contributed by atoms with Gasteiger partial charge in [-0.3, -0.25) is 9.48 Å². The number of fused-ring (bicyclic) bond motifs is 2. The average molecular weight is 490 g/mol. The molecule has 1 aromatic heterocycles. The molecule has 0 spiro atoms. The first-order valence-corrected chi connectivity index (χ1v) is 11.8. The molecule has 1 aromatic carbocycles. The van der Waals surface area contributed by atoms with Gasteiger partial charge in [-0.1, -0.05) is 12.1 Å². The Kier molecular flexibility index (Phi) is 9.44. The second-order valence-electron chi connectivity index (χ2n) is 8.90. The monoisotopic (exact) mass is 489 g/mol. The van der Waals surface area contributed by atoms with Crippen LogP contribution in [0.3, 0.4) is 0 Å². The number of aryl methyl sites for hydroxylation is 1. The number of aromatic nitrogens is 3. The largest absolute Gasteiger partial charge is 0.497 e. The first kappa shape index (κ1) is 26.4. The molecule has 2 bridgehead atoms. The highest BCUT2D eigenvalue weighted by Gasteiger charge is 2.29. The smallest absolute Gasteiger partial charge is 0.415 e. The summed E-state index contributed by atoms with van der Waals surface area (Å²) in [5, 5.41) is 18.0. The number of rotatable bonds is 6. The summed E-state index contributed by atoms with van der Waals surface area (Å²) in [6, 6.07) is 6.41. The van der Waals surface area contributed by atoms with E-state index < -0.39 is 12.2 Å². The lowest BCUT2D eigenvalue weighted by atomic mass is 10.0. The topological polar surface area (TPSA) is 119 Å². The number of carbonyl (C=O) groups is 2. The van der Waals surface area contributed by atoms with Crippen LogP contribution in [0.25, 0.3) is 0 Å². The number of aliphatic hydroxyl groups is 1. The van der Waals surface area contributed by atoms with E-state index >= 15 is 0 Å². The van der Waals surface area contributed by atoms with Crippen molar-refractivity contribution in [1.29, 1.82) is 0 Å². The summed E-state index contributed by atoms with van der Waals surface area (Å²) in [5.74, 6) is 0.887. The molecule has 192 valence electrons. The number of methoxy groups -OCH3 is 1. The van der Waals surface area contributed by atoms with Gasteiger partial charge in [-0.15, -0.1) is 5.10 Å². The van der Waals surface area contributed by atoms with Crippen LogP contribution >= 0.6 is 0 Å². The van der Waals surface area contributed by atoms with Crippen LogP contribution in [0.5, 0.6) is 11.5 Å². The molecule has 1 aliphatic rings. The maximum absolute atomic E-state index is 12.9. The van der Waals surface area contributed by atoms with Crippen LogP contribution in [0.1, 0.15) is 32.4 Å². The number of hydrogen-bond donors (Lipinski definition) is 1. The second kappa shape index (κ2) is 12.5. The van der Waals surface area contributed by atoms with E-state index in [9.17, 15) is 14.7 Å². The van der Waals surface area contributed by atoms with Gasteiger partial charge in [0.25, 0.3) is 0 Å². The van der Waals surface area contributed by atoms with Crippen LogP contribution in [-0.2, 0) is 22.7 Å². The molecule has 0 saturated heterocycles. The molecule has 2 heterocycles. The molecule has 0 aliphatic carbocycles. The molecular formula is C24H35N5O6. The van der Waals surface area contributed by atoms with Crippen molar-refractivity contribution in [2.24, 2.45) is 5.92 Å². The molecule has 11 nitrogen and oxygen atoms in total. The van der Waals surface area contributed by atoms with Crippen molar-refractivity contribution < 1.29 is 28.9 Å². The van der Waals surface area contributed by atoms with Crippen molar-refractivity contribution in [2.75, 3.05) is 33.9 Å². The summed E-state index contributed by atoms with van der Waals surface area (Å²) in [5.41, 5.74) is 0.678. The highest BCUT2D eigenvalue weighted by atomic mass is 16.6. The van der Waals surface area contributed by atoms with Gasteiger partial charge in [0.1, 0.15) is 17.2 Å². The number of hydrogen-bond acceptors (Lipinski definition) is 8. The van der Waals surface area contributed by atoms with E-state index in [2.05, 4.69) is 10.3 Å². The molecule has 11 heteroatoms. The lowest BCUT2D eigenvalue weighted by molar-refractivity contribution is -0.136. The molecule has 1 N–H and O–H groups in total. The van der Waals surface area contributed by atoms with Crippen molar-refractivity contribution in [3.05, 3.63) is 36.2 Å². The van der Waals surface area contributed by atoms with Gasteiger partial charge < -0.3 is 29.1 Å². The molecule has 3 atom stereocenters. The van der Waals surface area contributed by atoms with Crippen molar-refractivity contribution in [2.45, 2.75) is 52.0 Å². The van der Waals surface area contributed by atoms with Gasteiger partial charge in [-0.25, -0.2) is 4.79 Å². The standard InChI is InChI=1S/C24H35N5O6/c1-17-12-29(18(2)15-30)23(31)6-5-11-28-13-19(25-26-28)16-34-22(17)14-27(3)24(32)35-21-9-7-20(33-4)8-10-21/h7-10,13,17-18,22,30H,5-6,11-12,14-16H2,1-4H3/t17-,18-,22-/m1/s1. The number of benzene rings is 1. The van der Waals surface area contributed by atoms with Crippen molar-refractivity contribution in [3.8, 4) is 11.5 Å². The number of nitrogens with zero attached hydrogens (tertiary/aromatic N) is 5. The molecule has 0 radical (unpaired) electrons. The Morgan fingerprint density at radius 3 is 2.71 bits per heavy atom. The number of likely N-dealkylation sites (N-methyl/N-ethyl adjacent to an activating group) is 1. The van der Waals surface area contributed by atoms with Gasteiger partial charge >= 0.3 is 6.09 Å². The third-order valence-electron chi connectivity index (χ3n) is 6.08. The first-order chi connectivity index (χ1) is 16.8. The lowest BCUT2D eigenvalue weighted by Crippen LogP contribution is -2.48. The van der Waals surface area contributed by atoms with Crippen LogP contribution in [0, 0.1) is 5.92 Å². The van der Waals surface area contributed by atoms with E-state index in [0.717, 1.165) is 0 Å². The zero-order valence-electron chi connectivity index (χ0n) is 20.8. The van der Waals surface area contributed by atoms with E-state index in [1.54, 1.807) is 54.2 Å². The van der Waals surface area contributed by atoms with Crippen molar-refractivity contribution >= 4 is 12.0 Å². The van der Waals surface area contributed by atoms with Gasteiger partial charge in [-0.05, 0) is 37.6 Å². The normalized spacial score (nSPS) is 20.3. The van der Waals surface area contributed by atoms with E-state index in [-0.39, 0.29) is 37.6 Å². The van der Waals surface area contributed by atoms with Gasteiger partial charge in [0.2, 0.25) is 5.91 Å². The summed E-state index contributed by atoms with van der Waals surface area (Å²) >= 11 is 0. The fourth-order valence-corrected chi connectivity index (χ4v) is 3.86. The Labute approximate surface area is 205 Å². The van der Waals surface area contributed by atoms with Crippen LogP contribution in [0.15, 0.2) is 30.5 Å². The van der Waals surface area contributed by atoms with Gasteiger partial charge in [-0.2, -0.15) is 0 Å². The van der Waals surface area contributed by atoms with Gasteiger partial charge in [0.05, 0.1) is 45.2 Å². The van der Waals surface area contributed by atoms with E-state index in [0.29, 0.717) is 43.1 Å². The molecule has 1 aliphatic heterocycles. The molecule has 0 unspecified atom stereocenters. The number of aliphatic hydroxyl groups excluding tert-OH is 1. The number of ether oxygens (including phenoxy) is 3. The Bertz CT molecular complexity index is 966. The highest BCUT2D eigenvalue weighted by Crippen LogP contribution is 2.20. The summed E-state index contributed by atoms with van der Waals surface area (Å²) in [7, 11) is 3.20. The summed E-state index contributed by atoms with van der Waals surface area (Å²) in [4.78, 5) is 28.8. The zero-order chi connectivity index (χ0) is 25.4. The maximum Gasteiger partial charge on any atom is 0.415 e. The molecule has 35 heavy (non-hydrogen) atoms. The minimum Gasteiger partial charge on any atom is -0.497 e. The molecule has 3 rings (SSSR count). The van der Waals surface area contributed by atoms with Crippen LogP contribution < -0.4 is 9.47 Å². The third kappa shape index (κ3) is 7.40. The quantitative estimate of drug-likeness (QED) is 0.654. The minimum absolute atomic E-state index is 0.0380. The molecular weight excluding hydrogens is 454 g/mol.